The Balaban J connectivity index is 2.24. The smallest absolute Gasteiger partial charge is 0.328 e. The molecule has 0 aliphatic heterocycles. The Labute approximate surface area is 114 Å². The summed E-state index contributed by atoms with van der Waals surface area (Å²) in [7, 11) is 0. The highest BCUT2D eigenvalue weighted by molar-refractivity contribution is 5.78. The standard InChI is InChI=1S/C12H14N4O4/c1-12(2,3)20-10(17)7-15-11-8(5-14-15)4-9(6-13-11)16(18)19/h4-6H,7H2,1-3H3. The second-order valence-electron chi connectivity index (χ2n) is 5.25. The average molecular weight is 278 g/mol. The first-order chi connectivity index (χ1) is 9.26. The van der Waals surface area contributed by atoms with Gasteiger partial charge < -0.3 is 4.74 Å². The molecule has 2 aromatic rings. The van der Waals surface area contributed by atoms with Gasteiger partial charge >= 0.3 is 5.97 Å². The fourth-order valence-corrected chi connectivity index (χ4v) is 1.67. The molecule has 0 aliphatic carbocycles. The molecule has 0 saturated heterocycles. The highest BCUT2D eigenvalue weighted by atomic mass is 16.6. The minimum atomic E-state index is -0.577. The first kappa shape index (κ1) is 13.9. The third-order valence-electron chi connectivity index (χ3n) is 2.37. The number of nitro groups is 1. The highest BCUT2D eigenvalue weighted by Gasteiger charge is 2.18. The molecular formula is C12H14N4O4. The van der Waals surface area contributed by atoms with E-state index in [-0.39, 0.29) is 12.2 Å². The zero-order chi connectivity index (χ0) is 14.9. The summed E-state index contributed by atoms with van der Waals surface area (Å²) >= 11 is 0. The Morgan fingerprint density at radius 2 is 2.15 bits per heavy atom. The van der Waals surface area contributed by atoms with E-state index in [2.05, 4.69) is 10.1 Å². The summed E-state index contributed by atoms with van der Waals surface area (Å²) in [4.78, 5) is 25.8. The number of esters is 1. The molecule has 0 fully saturated rings. The highest BCUT2D eigenvalue weighted by Crippen LogP contribution is 2.18. The summed E-state index contributed by atoms with van der Waals surface area (Å²) in [6.45, 7) is 5.22. The first-order valence-electron chi connectivity index (χ1n) is 5.94. The van der Waals surface area contributed by atoms with Crippen LogP contribution in [0.25, 0.3) is 11.0 Å². The van der Waals surface area contributed by atoms with Crippen molar-refractivity contribution in [2.45, 2.75) is 32.9 Å². The molecule has 0 spiro atoms. The number of ether oxygens (including phenoxy) is 1. The number of aromatic nitrogens is 3. The normalized spacial score (nSPS) is 11.6. The number of carbonyl (C=O) groups is 1. The molecule has 0 saturated carbocycles. The average Bonchev–Trinajstić information content (AvgIpc) is 2.69. The molecule has 2 heterocycles. The lowest BCUT2D eigenvalue weighted by atomic mass is 10.2. The number of rotatable bonds is 3. The van der Waals surface area contributed by atoms with Crippen molar-refractivity contribution in [2.75, 3.05) is 0 Å². The van der Waals surface area contributed by atoms with Gasteiger partial charge in [-0.2, -0.15) is 5.10 Å². The molecule has 0 atom stereocenters. The number of hydrogen-bond acceptors (Lipinski definition) is 6. The largest absolute Gasteiger partial charge is 0.459 e. The maximum absolute atomic E-state index is 11.7. The second-order valence-corrected chi connectivity index (χ2v) is 5.25. The van der Waals surface area contributed by atoms with Gasteiger partial charge in [0.05, 0.1) is 11.1 Å². The number of pyridine rings is 1. The minimum Gasteiger partial charge on any atom is -0.459 e. The zero-order valence-electron chi connectivity index (χ0n) is 11.4. The van der Waals surface area contributed by atoms with Gasteiger partial charge in [-0.15, -0.1) is 0 Å². The molecule has 0 bridgehead atoms. The van der Waals surface area contributed by atoms with Gasteiger partial charge in [-0.3, -0.25) is 14.9 Å². The Bertz CT molecular complexity index is 672. The lowest BCUT2D eigenvalue weighted by Gasteiger charge is -2.19. The monoisotopic (exact) mass is 278 g/mol. The molecule has 0 N–H and O–H groups in total. The zero-order valence-corrected chi connectivity index (χ0v) is 11.4. The molecule has 2 rings (SSSR count). The van der Waals surface area contributed by atoms with Gasteiger partial charge in [-0.05, 0) is 20.8 Å². The van der Waals surface area contributed by atoms with Crippen LogP contribution in [0.2, 0.25) is 0 Å². The molecule has 0 radical (unpaired) electrons. The van der Waals surface area contributed by atoms with Crippen LogP contribution in [-0.2, 0) is 16.1 Å². The van der Waals surface area contributed by atoms with Crippen molar-refractivity contribution in [3.05, 3.63) is 28.6 Å². The van der Waals surface area contributed by atoms with E-state index in [4.69, 9.17) is 4.74 Å². The minimum absolute atomic E-state index is 0.0917. The van der Waals surface area contributed by atoms with E-state index in [0.29, 0.717) is 11.0 Å². The SMILES string of the molecule is CC(C)(C)OC(=O)Cn1ncc2cc([N+](=O)[O-])cnc21. The van der Waals surface area contributed by atoms with E-state index in [0.717, 1.165) is 6.20 Å². The second kappa shape index (κ2) is 4.87. The summed E-state index contributed by atoms with van der Waals surface area (Å²) in [6.07, 6.45) is 2.56. The van der Waals surface area contributed by atoms with Crippen LogP contribution in [0.15, 0.2) is 18.5 Å². The third kappa shape index (κ3) is 3.08. The number of fused-ring (bicyclic) bond motifs is 1. The molecule has 106 valence electrons. The molecule has 8 heteroatoms. The van der Waals surface area contributed by atoms with E-state index in [1.165, 1.54) is 16.9 Å². The van der Waals surface area contributed by atoms with E-state index >= 15 is 0 Å². The van der Waals surface area contributed by atoms with Crippen LogP contribution < -0.4 is 0 Å². The van der Waals surface area contributed by atoms with Crippen molar-refractivity contribution < 1.29 is 14.5 Å². The van der Waals surface area contributed by atoms with Crippen LogP contribution in [0, 0.1) is 10.1 Å². The van der Waals surface area contributed by atoms with Gasteiger partial charge in [-0.25, -0.2) is 9.67 Å². The van der Waals surface area contributed by atoms with Crippen LogP contribution >= 0.6 is 0 Å². The Morgan fingerprint density at radius 3 is 2.75 bits per heavy atom. The van der Waals surface area contributed by atoms with Gasteiger partial charge in [0.15, 0.2) is 5.65 Å². The molecule has 8 nitrogen and oxygen atoms in total. The van der Waals surface area contributed by atoms with Crippen molar-refractivity contribution in [3.63, 3.8) is 0 Å². The third-order valence-corrected chi connectivity index (χ3v) is 2.37. The van der Waals surface area contributed by atoms with Crippen molar-refractivity contribution in [1.82, 2.24) is 14.8 Å². The lowest BCUT2D eigenvalue weighted by molar-refractivity contribution is -0.385. The van der Waals surface area contributed by atoms with E-state index in [1.54, 1.807) is 20.8 Å². The maximum atomic E-state index is 11.7. The van der Waals surface area contributed by atoms with Crippen LogP contribution in [0.4, 0.5) is 5.69 Å². The number of nitrogens with zero attached hydrogens (tertiary/aromatic N) is 4. The molecule has 0 unspecified atom stereocenters. The van der Waals surface area contributed by atoms with Crippen LogP contribution in [0.1, 0.15) is 20.8 Å². The molecule has 0 aromatic carbocycles. The number of carbonyl (C=O) groups excluding carboxylic acids is 1. The molecule has 0 amide bonds. The first-order valence-corrected chi connectivity index (χ1v) is 5.94. The summed E-state index contributed by atoms with van der Waals surface area (Å²) < 4.78 is 6.54. The van der Waals surface area contributed by atoms with Crippen LogP contribution in [0.5, 0.6) is 0 Å². The fraction of sp³-hybridized carbons (Fsp3) is 0.417. The molecule has 20 heavy (non-hydrogen) atoms. The van der Waals surface area contributed by atoms with Crippen molar-refractivity contribution >= 4 is 22.7 Å². The predicted octanol–water partition coefficient (Wildman–Crippen LogP) is 1.68. The maximum Gasteiger partial charge on any atom is 0.328 e. The lowest BCUT2D eigenvalue weighted by Crippen LogP contribution is -2.26. The van der Waals surface area contributed by atoms with E-state index in [9.17, 15) is 14.9 Å². The summed E-state index contributed by atoms with van der Waals surface area (Å²) in [5, 5.41) is 15.1. The number of hydrogen-bond donors (Lipinski definition) is 0. The predicted molar refractivity (Wildman–Crippen MR) is 70.0 cm³/mol. The van der Waals surface area contributed by atoms with Gasteiger partial charge in [0.25, 0.3) is 5.69 Å². The molecule has 0 aliphatic rings. The fourth-order valence-electron chi connectivity index (χ4n) is 1.67. The van der Waals surface area contributed by atoms with Gasteiger partial charge in [0.1, 0.15) is 18.3 Å². The molecule has 2 aromatic heterocycles. The Kier molecular flexibility index (Phi) is 3.39. The van der Waals surface area contributed by atoms with Crippen LogP contribution in [0.3, 0.4) is 0 Å². The quantitative estimate of drug-likeness (QED) is 0.481. The molecular weight excluding hydrogens is 264 g/mol. The van der Waals surface area contributed by atoms with E-state index in [1.807, 2.05) is 0 Å². The summed E-state index contributed by atoms with van der Waals surface area (Å²) in [5.41, 5.74) is -0.289. The van der Waals surface area contributed by atoms with Crippen molar-refractivity contribution in [3.8, 4) is 0 Å². The Morgan fingerprint density at radius 1 is 1.45 bits per heavy atom. The Hall–Kier alpha value is -2.51. The van der Waals surface area contributed by atoms with Gasteiger partial charge in [0, 0.05) is 11.5 Å². The van der Waals surface area contributed by atoms with Gasteiger partial charge in [-0.1, -0.05) is 0 Å². The van der Waals surface area contributed by atoms with Crippen molar-refractivity contribution in [1.29, 1.82) is 0 Å². The topological polar surface area (TPSA) is 100 Å². The summed E-state index contributed by atoms with van der Waals surface area (Å²) in [6, 6.07) is 1.36. The summed E-state index contributed by atoms with van der Waals surface area (Å²) in [5.74, 6) is -0.442. The van der Waals surface area contributed by atoms with Crippen molar-refractivity contribution in [2.24, 2.45) is 0 Å². The van der Waals surface area contributed by atoms with Crippen LogP contribution in [-0.4, -0.2) is 31.3 Å². The van der Waals surface area contributed by atoms with E-state index < -0.39 is 16.5 Å². The van der Waals surface area contributed by atoms with Gasteiger partial charge in [0.2, 0.25) is 0 Å².